The van der Waals surface area contributed by atoms with Gasteiger partial charge in [0.05, 0.1) is 0 Å². The van der Waals surface area contributed by atoms with Crippen molar-refractivity contribution in [1.82, 2.24) is 4.90 Å². The van der Waals surface area contributed by atoms with Crippen LogP contribution in [-0.2, 0) is 5.41 Å². The number of hydrogen-bond donors (Lipinski definition) is 0. The van der Waals surface area contributed by atoms with Crippen LogP contribution in [0.25, 0.3) is 0 Å². The minimum Gasteiger partial charge on any atom is -0.338 e. The smallest absolute Gasteiger partial charge is 0.254 e. The van der Waals surface area contributed by atoms with Crippen molar-refractivity contribution in [3.05, 3.63) is 70.8 Å². The van der Waals surface area contributed by atoms with Gasteiger partial charge in [-0.1, -0.05) is 63.2 Å². The van der Waals surface area contributed by atoms with Gasteiger partial charge in [-0.3, -0.25) is 4.79 Å². The molecule has 0 saturated carbocycles. The highest BCUT2D eigenvalue weighted by molar-refractivity contribution is 5.97. The van der Waals surface area contributed by atoms with Gasteiger partial charge in [0.25, 0.3) is 5.91 Å². The van der Waals surface area contributed by atoms with Crippen LogP contribution >= 0.6 is 0 Å². The van der Waals surface area contributed by atoms with Crippen molar-refractivity contribution in [3.63, 3.8) is 0 Å². The van der Waals surface area contributed by atoms with E-state index in [4.69, 9.17) is 0 Å². The molecule has 1 amide bonds. The minimum absolute atomic E-state index is 0.0753. The number of carbonyl (C=O) groups is 1. The minimum atomic E-state index is 0.0753. The Bertz CT molecular complexity index is 727. The third-order valence-electron chi connectivity index (χ3n) is 5.06. The second kappa shape index (κ2) is 5.52. The molecule has 0 N–H and O–H groups in total. The second-order valence-corrected chi connectivity index (χ2v) is 7.60. The van der Waals surface area contributed by atoms with Crippen LogP contribution in [0.15, 0.2) is 48.5 Å². The molecule has 2 nitrogen and oxygen atoms in total. The summed E-state index contributed by atoms with van der Waals surface area (Å²) in [6, 6.07) is 17.0. The molecule has 1 aliphatic rings. The van der Waals surface area contributed by atoms with Gasteiger partial charge in [-0.25, -0.2) is 0 Å². The summed E-state index contributed by atoms with van der Waals surface area (Å²) >= 11 is 0. The molecule has 3 rings (SSSR count). The zero-order chi connectivity index (χ0) is 16.8. The lowest BCUT2D eigenvalue weighted by Gasteiger charge is -2.39. The van der Waals surface area contributed by atoms with Crippen molar-refractivity contribution in [1.29, 1.82) is 0 Å². The van der Waals surface area contributed by atoms with Gasteiger partial charge in [-0.2, -0.15) is 0 Å². The number of nitrogens with zero attached hydrogens (tertiary/aromatic N) is 1. The zero-order valence-electron chi connectivity index (χ0n) is 14.6. The van der Waals surface area contributed by atoms with Crippen LogP contribution in [0, 0.1) is 0 Å². The van der Waals surface area contributed by atoms with Gasteiger partial charge in [-0.15, -0.1) is 0 Å². The van der Waals surface area contributed by atoms with E-state index in [0.717, 1.165) is 5.56 Å². The van der Waals surface area contributed by atoms with Gasteiger partial charge >= 0.3 is 0 Å². The fourth-order valence-corrected chi connectivity index (χ4v) is 3.46. The Labute approximate surface area is 139 Å². The average Bonchev–Trinajstić information content (AvgIpc) is 2.52. The van der Waals surface area contributed by atoms with E-state index in [-0.39, 0.29) is 23.3 Å². The molecule has 0 aromatic heterocycles. The maximum Gasteiger partial charge on any atom is 0.254 e. The normalized spacial score (nSPS) is 21.3. The largest absolute Gasteiger partial charge is 0.338 e. The molecule has 2 atom stereocenters. The van der Waals surface area contributed by atoms with Crippen molar-refractivity contribution in [2.75, 3.05) is 7.05 Å². The zero-order valence-corrected chi connectivity index (χ0v) is 14.6. The van der Waals surface area contributed by atoms with E-state index in [2.05, 4.69) is 64.1 Å². The van der Waals surface area contributed by atoms with E-state index >= 15 is 0 Å². The van der Waals surface area contributed by atoms with E-state index in [1.54, 1.807) is 0 Å². The molecule has 2 unspecified atom stereocenters. The highest BCUT2D eigenvalue weighted by atomic mass is 16.2. The lowest BCUT2D eigenvalue weighted by Crippen LogP contribution is -2.44. The summed E-state index contributed by atoms with van der Waals surface area (Å²) in [4.78, 5) is 14.6. The van der Waals surface area contributed by atoms with E-state index in [0.29, 0.717) is 0 Å². The van der Waals surface area contributed by atoms with Crippen molar-refractivity contribution >= 4 is 5.91 Å². The predicted octanol–water partition coefficient (Wildman–Crippen LogP) is 4.59. The third-order valence-corrected chi connectivity index (χ3v) is 5.06. The molecule has 23 heavy (non-hydrogen) atoms. The molecule has 2 heteroatoms. The highest BCUT2D eigenvalue weighted by Crippen LogP contribution is 2.39. The molecule has 2 aromatic carbocycles. The molecule has 0 radical (unpaired) electrons. The van der Waals surface area contributed by atoms with Gasteiger partial charge in [-0.05, 0) is 35.1 Å². The standard InChI is InChI=1S/C21H25NO/c1-14-19(15-9-7-6-8-10-15)18-13-16(21(2,3)4)11-12-17(18)20(23)22(14)5/h6-14,19H,1-5H3. The Kier molecular flexibility index (Phi) is 3.79. The fraction of sp³-hybridized carbons (Fsp3) is 0.381. The molecule has 120 valence electrons. The Balaban J connectivity index is 2.22. The second-order valence-electron chi connectivity index (χ2n) is 7.60. The molecule has 0 bridgehead atoms. The van der Waals surface area contributed by atoms with Gasteiger partial charge in [0, 0.05) is 24.6 Å². The van der Waals surface area contributed by atoms with Crippen LogP contribution in [0.2, 0.25) is 0 Å². The highest BCUT2D eigenvalue weighted by Gasteiger charge is 2.36. The molecule has 2 aromatic rings. The van der Waals surface area contributed by atoms with Crippen molar-refractivity contribution in [3.8, 4) is 0 Å². The third kappa shape index (κ3) is 2.67. The van der Waals surface area contributed by atoms with Crippen molar-refractivity contribution in [2.24, 2.45) is 0 Å². The number of benzene rings is 2. The van der Waals surface area contributed by atoms with Crippen LogP contribution in [0.4, 0.5) is 0 Å². The van der Waals surface area contributed by atoms with Crippen LogP contribution in [-0.4, -0.2) is 23.9 Å². The van der Waals surface area contributed by atoms with Crippen LogP contribution in [0.3, 0.4) is 0 Å². The first-order valence-electron chi connectivity index (χ1n) is 8.27. The maximum atomic E-state index is 12.7. The van der Waals surface area contributed by atoms with Gasteiger partial charge in [0.15, 0.2) is 0 Å². The Hall–Kier alpha value is -2.09. The summed E-state index contributed by atoms with van der Waals surface area (Å²) in [5.41, 5.74) is 4.63. The number of rotatable bonds is 1. The van der Waals surface area contributed by atoms with Gasteiger partial charge in [0.1, 0.15) is 0 Å². The van der Waals surface area contributed by atoms with Gasteiger partial charge < -0.3 is 4.90 Å². The molecule has 0 fully saturated rings. The van der Waals surface area contributed by atoms with Crippen molar-refractivity contribution in [2.45, 2.75) is 45.1 Å². The summed E-state index contributed by atoms with van der Waals surface area (Å²) in [6.07, 6.45) is 0. The van der Waals surface area contributed by atoms with E-state index in [1.807, 2.05) is 24.1 Å². The van der Waals surface area contributed by atoms with Gasteiger partial charge in [0.2, 0.25) is 0 Å². The predicted molar refractivity (Wildman–Crippen MR) is 95.0 cm³/mol. The molecule has 0 spiro atoms. The average molecular weight is 307 g/mol. The van der Waals surface area contributed by atoms with Crippen LogP contribution < -0.4 is 0 Å². The van der Waals surface area contributed by atoms with E-state index < -0.39 is 0 Å². The summed E-state index contributed by atoms with van der Waals surface area (Å²) in [7, 11) is 1.91. The van der Waals surface area contributed by atoms with Crippen molar-refractivity contribution < 1.29 is 4.79 Å². The molecule has 1 heterocycles. The fourth-order valence-electron chi connectivity index (χ4n) is 3.46. The maximum absolute atomic E-state index is 12.7. The Morgan fingerprint density at radius 2 is 1.65 bits per heavy atom. The molecule has 0 aliphatic carbocycles. The lowest BCUT2D eigenvalue weighted by atomic mass is 9.76. The quantitative estimate of drug-likeness (QED) is 0.754. The first kappa shape index (κ1) is 15.8. The van der Waals surface area contributed by atoms with Crippen LogP contribution in [0.1, 0.15) is 60.7 Å². The summed E-state index contributed by atoms with van der Waals surface area (Å²) in [6.45, 7) is 8.79. The summed E-state index contributed by atoms with van der Waals surface area (Å²) in [5.74, 6) is 0.344. The lowest BCUT2D eigenvalue weighted by molar-refractivity contribution is 0.0704. The summed E-state index contributed by atoms with van der Waals surface area (Å²) < 4.78 is 0. The number of carbonyl (C=O) groups excluding carboxylic acids is 1. The molecule has 1 aliphatic heterocycles. The molecular weight excluding hydrogens is 282 g/mol. The summed E-state index contributed by atoms with van der Waals surface area (Å²) in [5, 5.41) is 0. The van der Waals surface area contributed by atoms with E-state index in [9.17, 15) is 4.79 Å². The number of likely N-dealkylation sites (N-methyl/N-ethyl adjacent to an activating group) is 1. The number of hydrogen-bond acceptors (Lipinski definition) is 1. The molecule has 0 saturated heterocycles. The number of fused-ring (bicyclic) bond motifs is 1. The SMILES string of the molecule is CC1C(c2ccccc2)c2cc(C(C)(C)C)ccc2C(=O)N1C. The molecular formula is C21H25NO. The van der Waals surface area contributed by atoms with Crippen LogP contribution in [0.5, 0.6) is 0 Å². The Morgan fingerprint density at radius 1 is 1.00 bits per heavy atom. The first-order chi connectivity index (χ1) is 10.8. The topological polar surface area (TPSA) is 20.3 Å². The van der Waals surface area contributed by atoms with E-state index in [1.165, 1.54) is 16.7 Å². The monoisotopic (exact) mass is 307 g/mol. The first-order valence-corrected chi connectivity index (χ1v) is 8.27. The Morgan fingerprint density at radius 3 is 2.26 bits per heavy atom. The number of amides is 1.